The fourth-order valence-electron chi connectivity index (χ4n) is 3.33. The van der Waals surface area contributed by atoms with Crippen LogP contribution in [0.3, 0.4) is 0 Å². The van der Waals surface area contributed by atoms with E-state index in [0.717, 1.165) is 25.1 Å². The molecule has 1 fully saturated rings. The van der Waals surface area contributed by atoms with Gasteiger partial charge in [-0.15, -0.1) is 0 Å². The van der Waals surface area contributed by atoms with Crippen LogP contribution in [0.5, 0.6) is 0 Å². The summed E-state index contributed by atoms with van der Waals surface area (Å²) in [6.45, 7) is 10.5. The van der Waals surface area contributed by atoms with E-state index in [1.165, 1.54) is 30.4 Å². The fourth-order valence-corrected chi connectivity index (χ4v) is 3.33. The van der Waals surface area contributed by atoms with E-state index in [1.54, 1.807) is 0 Å². The third-order valence-corrected chi connectivity index (χ3v) is 4.72. The van der Waals surface area contributed by atoms with Crippen molar-refractivity contribution in [3.05, 3.63) is 34.9 Å². The molecule has 2 rings (SSSR count). The highest BCUT2D eigenvalue weighted by Gasteiger charge is 2.38. The number of Topliss-reactive ketones (excluding diaryl/α,β-unsaturated/α-hetero) is 1. The second-order valence-corrected chi connectivity index (χ2v) is 6.38. The number of hydrogen-bond acceptors (Lipinski definition) is 2. The average Bonchev–Trinajstić information content (AvgIpc) is 2.45. The molecule has 110 valence electrons. The first-order chi connectivity index (χ1) is 9.47. The Morgan fingerprint density at radius 1 is 1.10 bits per heavy atom. The van der Waals surface area contributed by atoms with E-state index in [0.29, 0.717) is 0 Å². The summed E-state index contributed by atoms with van der Waals surface area (Å²) < 4.78 is 0. The lowest BCUT2D eigenvalue weighted by Crippen LogP contribution is -2.53. The highest BCUT2D eigenvalue weighted by Crippen LogP contribution is 2.28. The number of piperidine rings is 1. The monoisotopic (exact) mass is 273 g/mol. The summed E-state index contributed by atoms with van der Waals surface area (Å²) in [5, 5.41) is 0. The Kier molecular flexibility index (Phi) is 4.64. The molecule has 0 N–H and O–H groups in total. The zero-order chi connectivity index (χ0) is 14.8. The summed E-state index contributed by atoms with van der Waals surface area (Å²) in [5.41, 5.74) is 2.87. The van der Waals surface area contributed by atoms with Crippen molar-refractivity contribution in [3.63, 3.8) is 0 Å². The number of ketones is 1. The quantitative estimate of drug-likeness (QED) is 0.768. The molecule has 0 amide bonds. The van der Waals surface area contributed by atoms with E-state index >= 15 is 0 Å². The molecule has 0 spiro atoms. The normalized spacial score (nSPS) is 19.6. The number of hydrogen-bond donors (Lipinski definition) is 0. The van der Waals surface area contributed by atoms with Gasteiger partial charge < -0.3 is 0 Å². The van der Waals surface area contributed by atoms with Crippen LogP contribution in [0.4, 0.5) is 0 Å². The van der Waals surface area contributed by atoms with Crippen LogP contribution in [0.2, 0.25) is 0 Å². The molecule has 2 heteroatoms. The first-order valence-corrected chi connectivity index (χ1v) is 7.85. The summed E-state index contributed by atoms with van der Waals surface area (Å²) in [7, 11) is 0. The minimum absolute atomic E-state index is 0.286. The Bertz CT molecular complexity index is 468. The minimum Gasteiger partial charge on any atom is -0.292 e. The van der Waals surface area contributed by atoms with Gasteiger partial charge >= 0.3 is 0 Å². The Labute approximate surface area is 123 Å². The number of nitrogens with zero attached hydrogens (tertiary/aromatic N) is 1. The smallest absolute Gasteiger partial charge is 0.182 e. The average molecular weight is 273 g/mol. The molecule has 1 aromatic carbocycles. The molecule has 1 aliphatic rings. The number of aryl methyl sites for hydroxylation is 2. The van der Waals surface area contributed by atoms with E-state index in [2.05, 4.69) is 38.7 Å². The van der Waals surface area contributed by atoms with Gasteiger partial charge in [0.1, 0.15) is 0 Å². The molecule has 1 aromatic rings. The molecule has 2 nitrogen and oxygen atoms in total. The van der Waals surface area contributed by atoms with E-state index in [4.69, 9.17) is 0 Å². The van der Waals surface area contributed by atoms with E-state index in [1.807, 2.05) is 12.1 Å². The molecule has 0 aromatic heterocycles. The number of carbonyl (C=O) groups is 1. The molecule has 0 radical (unpaired) electrons. The van der Waals surface area contributed by atoms with Crippen molar-refractivity contribution >= 4 is 5.78 Å². The Hall–Kier alpha value is -1.15. The van der Waals surface area contributed by atoms with Crippen LogP contribution in [-0.4, -0.2) is 29.3 Å². The molecular weight excluding hydrogens is 246 g/mol. The summed E-state index contributed by atoms with van der Waals surface area (Å²) in [4.78, 5) is 15.5. The summed E-state index contributed by atoms with van der Waals surface area (Å²) in [5.74, 6) is 0.286. The van der Waals surface area contributed by atoms with E-state index in [-0.39, 0.29) is 11.3 Å². The predicted molar refractivity (Wildman–Crippen MR) is 84.4 cm³/mol. The SMILES string of the molecule is CCC(C)(C(=O)c1cc(C)cc(C)c1)N1CCCCC1. The maximum Gasteiger partial charge on any atom is 0.182 e. The first-order valence-electron chi connectivity index (χ1n) is 7.85. The molecule has 1 saturated heterocycles. The lowest BCUT2D eigenvalue weighted by molar-refractivity contribution is 0.0505. The maximum atomic E-state index is 13.1. The van der Waals surface area contributed by atoms with Gasteiger partial charge in [0, 0.05) is 5.56 Å². The number of likely N-dealkylation sites (tertiary alicyclic amines) is 1. The molecule has 1 aliphatic heterocycles. The summed E-state index contributed by atoms with van der Waals surface area (Å²) in [6, 6.07) is 6.20. The van der Waals surface area contributed by atoms with Crippen LogP contribution in [-0.2, 0) is 0 Å². The fraction of sp³-hybridized carbons (Fsp3) is 0.611. The van der Waals surface area contributed by atoms with E-state index in [9.17, 15) is 4.79 Å². The van der Waals surface area contributed by atoms with E-state index < -0.39 is 0 Å². The van der Waals surface area contributed by atoms with Crippen molar-refractivity contribution in [1.82, 2.24) is 4.90 Å². The van der Waals surface area contributed by atoms with Gasteiger partial charge in [-0.25, -0.2) is 0 Å². The zero-order valence-electron chi connectivity index (χ0n) is 13.3. The molecule has 0 bridgehead atoms. The molecule has 1 atom stereocenters. The van der Waals surface area contributed by atoms with Gasteiger partial charge in [0.15, 0.2) is 5.78 Å². The Morgan fingerprint density at radius 2 is 1.65 bits per heavy atom. The third kappa shape index (κ3) is 2.95. The van der Waals surface area contributed by atoms with Crippen LogP contribution in [0.25, 0.3) is 0 Å². The predicted octanol–water partition coefficient (Wildman–Crippen LogP) is 4.14. The van der Waals surface area contributed by atoms with Crippen LogP contribution in [0, 0.1) is 13.8 Å². The number of benzene rings is 1. The molecule has 0 saturated carbocycles. The van der Waals surface area contributed by atoms with Crippen LogP contribution >= 0.6 is 0 Å². The van der Waals surface area contributed by atoms with Gasteiger partial charge in [0.25, 0.3) is 0 Å². The van der Waals surface area contributed by atoms with Crippen LogP contribution in [0.15, 0.2) is 18.2 Å². The summed E-state index contributed by atoms with van der Waals surface area (Å²) in [6.07, 6.45) is 4.61. The second kappa shape index (κ2) is 6.09. The van der Waals surface area contributed by atoms with Gasteiger partial charge in [-0.2, -0.15) is 0 Å². The van der Waals surface area contributed by atoms with Crippen molar-refractivity contribution in [3.8, 4) is 0 Å². The molecular formula is C18H27NO. The lowest BCUT2D eigenvalue weighted by atomic mass is 9.84. The lowest BCUT2D eigenvalue weighted by Gasteiger charge is -2.42. The largest absolute Gasteiger partial charge is 0.292 e. The third-order valence-electron chi connectivity index (χ3n) is 4.72. The Balaban J connectivity index is 2.31. The van der Waals surface area contributed by atoms with Crippen LogP contribution in [0.1, 0.15) is 61.0 Å². The standard InChI is InChI=1S/C18H27NO/c1-5-18(4,19-9-7-6-8-10-19)17(20)16-12-14(2)11-15(3)13-16/h11-13H,5-10H2,1-4H3. The van der Waals surface area contributed by atoms with Crippen molar-refractivity contribution in [2.75, 3.05) is 13.1 Å². The zero-order valence-corrected chi connectivity index (χ0v) is 13.3. The van der Waals surface area contributed by atoms with Gasteiger partial charge in [0.05, 0.1) is 5.54 Å². The van der Waals surface area contributed by atoms with Crippen molar-refractivity contribution < 1.29 is 4.79 Å². The van der Waals surface area contributed by atoms with Gasteiger partial charge in [0.2, 0.25) is 0 Å². The summed E-state index contributed by atoms with van der Waals surface area (Å²) >= 11 is 0. The highest BCUT2D eigenvalue weighted by molar-refractivity contribution is 6.03. The van der Waals surface area contributed by atoms with Crippen molar-refractivity contribution in [1.29, 1.82) is 0 Å². The maximum absolute atomic E-state index is 13.1. The molecule has 20 heavy (non-hydrogen) atoms. The highest BCUT2D eigenvalue weighted by atomic mass is 16.1. The van der Waals surface area contributed by atoms with Gasteiger partial charge in [-0.1, -0.05) is 30.5 Å². The molecule has 1 unspecified atom stereocenters. The van der Waals surface area contributed by atoms with Crippen LogP contribution < -0.4 is 0 Å². The second-order valence-electron chi connectivity index (χ2n) is 6.38. The minimum atomic E-state index is -0.347. The number of rotatable bonds is 4. The molecule has 0 aliphatic carbocycles. The van der Waals surface area contributed by atoms with Gasteiger partial charge in [-0.3, -0.25) is 9.69 Å². The van der Waals surface area contributed by atoms with Gasteiger partial charge in [-0.05, 0) is 65.3 Å². The van der Waals surface area contributed by atoms with Crippen molar-refractivity contribution in [2.45, 2.75) is 58.9 Å². The molecule has 1 heterocycles. The first kappa shape index (κ1) is 15.2. The van der Waals surface area contributed by atoms with Crippen molar-refractivity contribution in [2.24, 2.45) is 0 Å². The topological polar surface area (TPSA) is 20.3 Å². The number of carbonyl (C=O) groups excluding carboxylic acids is 1. The Morgan fingerprint density at radius 3 is 2.15 bits per heavy atom.